The molecule has 0 bridgehead atoms. The number of hydrogen-bond acceptors (Lipinski definition) is 2. The lowest BCUT2D eigenvalue weighted by molar-refractivity contribution is -0.119. The largest absolute Gasteiger partial charge is 0.381 e. The lowest BCUT2D eigenvalue weighted by Gasteiger charge is -2.19. The Kier molecular flexibility index (Phi) is 5.24. The van der Waals surface area contributed by atoms with Crippen LogP contribution in [0.5, 0.6) is 0 Å². The summed E-state index contributed by atoms with van der Waals surface area (Å²) >= 11 is 0. The van der Waals surface area contributed by atoms with Gasteiger partial charge < -0.3 is 10.1 Å². The Balaban J connectivity index is 1.60. The van der Waals surface area contributed by atoms with E-state index in [9.17, 15) is 4.79 Å². The molecule has 0 aromatic heterocycles. The second-order valence-electron chi connectivity index (χ2n) is 5.48. The minimum atomic E-state index is 0.0443. The second-order valence-corrected chi connectivity index (χ2v) is 5.48. The van der Waals surface area contributed by atoms with Gasteiger partial charge in [-0.05, 0) is 44.9 Å². The number of nitrogens with one attached hydrogen (secondary N) is 1. The molecule has 18 heavy (non-hydrogen) atoms. The number of hydrogen-bond donors (Lipinski definition) is 1. The highest BCUT2D eigenvalue weighted by atomic mass is 16.5. The first-order valence-electron chi connectivity index (χ1n) is 7.30. The molecule has 0 aromatic rings. The molecule has 2 aliphatic carbocycles. The Morgan fingerprint density at radius 1 is 1.33 bits per heavy atom. The SMILES string of the molecule is CC(=O)NCCCOCC1CCC2=C1CCCC2. The molecule has 1 atom stereocenters. The third-order valence-electron chi connectivity index (χ3n) is 4.07. The van der Waals surface area contributed by atoms with Crippen LogP contribution in [-0.4, -0.2) is 25.7 Å². The maximum absolute atomic E-state index is 10.7. The van der Waals surface area contributed by atoms with Crippen molar-refractivity contribution in [1.29, 1.82) is 0 Å². The number of allylic oxidation sites excluding steroid dienone is 1. The molecular weight excluding hydrogens is 226 g/mol. The molecule has 0 saturated heterocycles. The van der Waals surface area contributed by atoms with Gasteiger partial charge in [-0.1, -0.05) is 11.1 Å². The second kappa shape index (κ2) is 6.93. The van der Waals surface area contributed by atoms with E-state index in [1.807, 2.05) is 0 Å². The standard InChI is InChI=1S/C15H25NO2/c1-12(17)16-9-4-10-18-11-14-8-7-13-5-2-3-6-15(13)14/h14H,2-11H2,1H3,(H,16,17). The van der Waals surface area contributed by atoms with E-state index in [0.717, 1.165) is 26.2 Å². The molecule has 0 aliphatic heterocycles. The molecule has 3 nitrogen and oxygen atoms in total. The van der Waals surface area contributed by atoms with Crippen LogP contribution in [0.15, 0.2) is 11.1 Å². The van der Waals surface area contributed by atoms with Crippen LogP contribution >= 0.6 is 0 Å². The molecule has 3 heteroatoms. The fourth-order valence-electron chi connectivity index (χ4n) is 3.14. The van der Waals surface area contributed by atoms with Crippen molar-refractivity contribution >= 4 is 5.91 Å². The Labute approximate surface area is 110 Å². The first-order chi connectivity index (χ1) is 8.77. The number of rotatable bonds is 6. The average molecular weight is 251 g/mol. The number of carbonyl (C=O) groups is 1. The highest BCUT2D eigenvalue weighted by Gasteiger charge is 2.26. The topological polar surface area (TPSA) is 38.3 Å². The van der Waals surface area contributed by atoms with Crippen molar-refractivity contribution in [1.82, 2.24) is 5.32 Å². The smallest absolute Gasteiger partial charge is 0.216 e. The lowest BCUT2D eigenvalue weighted by Crippen LogP contribution is -2.22. The Morgan fingerprint density at radius 3 is 3.00 bits per heavy atom. The van der Waals surface area contributed by atoms with Crippen LogP contribution in [0.3, 0.4) is 0 Å². The molecule has 0 fully saturated rings. The monoisotopic (exact) mass is 251 g/mol. The van der Waals surface area contributed by atoms with Crippen LogP contribution < -0.4 is 5.32 Å². The van der Waals surface area contributed by atoms with Crippen LogP contribution in [0.1, 0.15) is 51.9 Å². The predicted molar refractivity (Wildman–Crippen MR) is 72.3 cm³/mol. The molecule has 1 N–H and O–H groups in total. The Bertz CT molecular complexity index is 322. The van der Waals surface area contributed by atoms with E-state index in [4.69, 9.17) is 4.74 Å². The van der Waals surface area contributed by atoms with Gasteiger partial charge in [0.05, 0.1) is 6.61 Å². The zero-order chi connectivity index (χ0) is 12.8. The van der Waals surface area contributed by atoms with Crippen LogP contribution in [0, 0.1) is 5.92 Å². The van der Waals surface area contributed by atoms with Gasteiger partial charge in [0.1, 0.15) is 0 Å². The van der Waals surface area contributed by atoms with Crippen molar-refractivity contribution < 1.29 is 9.53 Å². The van der Waals surface area contributed by atoms with Gasteiger partial charge in [-0.2, -0.15) is 0 Å². The minimum Gasteiger partial charge on any atom is -0.381 e. The van der Waals surface area contributed by atoms with E-state index in [1.165, 1.54) is 38.5 Å². The summed E-state index contributed by atoms with van der Waals surface area (Å²) in [6.07, 6.45) is 8.95. The third kappa shape index (κ3) is 3.84. The summed E-state index contributed by atoms with van der Waals surface area (Å²) in [5, 5.41) is 2.79. The molecule has 0 heterocycles. The summed E-state index contributed by atoms with van der Waals surface area (Å²) in [4.78, 5) is 10.7. The lowest BCUT2D eigenvalue weighted by atomic mass is 9.90. The summed E-state index contributed by atoms with van der Waals surface area (Å²) in [6.45, 7) is 3.93. The van der Waals surface area contributed by atoms with E-state index in [-0.39, 0.29) is 5.91 Å². The quantitative estimate of drug-likeness (QED) is 0.582. The summed E-state index contributed by atoms with van der Waals surface area (Å²) in [5.74, 6) is 0.740. The molecule has 1 amide bonds. The number of carbonyl (C=O) groups excluding carboxylic acids is 1. The molecule has 1 unspecified atom stereocenters. The van der Waals surface area contributed by atoms with Crippen molar-refractivity contribution in [2.75, 3.05) is 19.8 Å². The predicted octanol–water partition coefficient (Wildman–Crippen LogP) is 2.81. The molecule has 2 aliphatic rings. The maximum atomic E-state index is 10.7. The van der Waals surface area contributed by atoms with E-state index in [0.29, 0.717) is 5.92 Å². The first kappa shape index (κ1) is 13.6. The molecule has 0 spiro atoms. The van der Waals surface area contributed by atoms with Crippen molar-refractivity contribution in [2.24, 2.45) is 5.92 Å². The zero-order valence-corrected chi connectivity index (χ0v) is 11.5. The fraction of sp³-hybridized carbons (Fsp3) is 0.800. The van der Waals surface area contributed by atoms with E-state index in [2.05, 4.69) is 5.32 Å². The maximum Gasteiger partial charge on any atom is 0.216 e. The van der Waals surface area contributed by atoms with Crippen LogP contribution in [0.2, 0.25) is 0 Å². The van der Waals surface area contributed by atoms with Crippen LogP contribution in [0.25, 0.3) is 0 Å². The van der Waals surface area contributed by atoms with Crippen molar-refractivity contribution in [2.45, 2.75) is 51.9 Å². The minimum absolute atomic E-state index is 0.0443. The highest BCUT2D eigenvalue weighted by Crippen LogP contribution is 2.40. The summed E-state index contributed by atoms with van der Waals surface area (Å²) < 4.78 is 5.76. The third-order valence-corrected chi connectivity index (χ3v) is 4.07. The summed E-state index contributed by atoms with van der Waals surface area (Å²) in [5.41, 5.74) is 3.47. The zero-order valence-electron chi connectivity index (χ0n) is 11.5. The van der Waals surface area contributed by atoms with Crippen LogP contribution in [-0.2, 0) is 9.53 Å². The Hall–Kier alpha value is -0.830. The fourth-order valence-corrected chi connectivity index (χ4v) is 3.14. The van der Waals surface area contributed by atoms with Crippen molar-refractivity contribution in [3.63, 3.8) is 0 Å². The van der Waals surface area contributed by atoms with E-state index >= 15 is 0 Å². The molecule has 0 radical (unpaired) electrons. The van der Waals surface area contributed by atoms with Crippen LogP contribution in [0.4, 0.5) is 0 Å². The van der Waals surface area contributed by atoms with E-state index < -0.39 is 0 Å². The van der Waals surface area contributed by atoms with Gasteiger partial charge in [-0.15, -0.1) is 0 Å². The van der Waals surface area contributed by atoms with Gasteiger partial charge in [-0.3, -0.25) is 4.79 Å². The average Bonchev–Trinajstić information content (AvgIpc) is 2.77. The number of amides is 1. The summed E-state index contributed by atoms with van der Waals surface area (Å²) in [7, 11) is 0. The van der Waals surface area contributed by atoms with Gasteiger partial charge in [0.25, 0.3) is 0 Å². The molecule has 2 rings (SSSR count). The molecule has 0 saturated carbocycles. The van der Waals surface area contributed by atoms with Crippen molar-refractivity contribution in [3.05, 3.63) is 11.1 Å². The highest BCUT2D eigenvalue weighted by molar-refractivity contribution is 5.72. The summed E-state index contributed by atoms with van der Waals surface area (Å²) in [6, 6.07) is 0. The van der Waals surface area contributed by atoms with Gasteiger partial charge in [0.2, 0.25) is 5.91 Å². The van der Waals surface area contributed by atoms with Gasteiger partial charge >= 0.3 is 0 Å². The van der Waals surface area contributed by atoms with Gasteiger partial charge in [-0.25, -0.2) is 0 Å². The molecular formula is C15H25NO2. The molecule has 0 aromatic carbocycles. The first-order valence-corrected chi connectivity index (χ1v) is 7.30. The normalized spacial score (nSPS) is 23.1. The Morgan fingerprint density at radius 2 is 2.17 bits per heavy atom. The van der Waals surface area contributed by atoms with Gasteiger partial charge in [0.15, 0.2) is 0 Å². The van der Waals surface area contributed by atoms with E-state index in [1.54, 1.807) is 18.1 Å². The molecule has 102 valence electrons. The van der Waals surface area contributed by atoms with Crippen molar-refractivity contribution in [3.8, 4) is 0 Å². The van der Waals surface area contributed by atoms with Gasteiger partial charge in [0, 0.05) is 26.0 Å². The number of ether oxygens (including phenoxy) is 1.